The summed E-state index contributed by atoms with van der Waals surface area (Å²) in [6.07, 6.45) is -75.2. The van der Waals surface area contributed by atoms with Crippen molar-refractivity contribution < 1.29 is 213 Å². The maximum atomic E-state index is 13.5. The van der Waals surface area contributed by atoms with E-state index in [1.54, 1.807) is 0 Å². The number of nitrogens with one attached hydrogen (secondary N) is 3. The van der Waals surface area contributed by atoms with E-state index in [9.17, 15) is 137 Å². The molecule has 27 N–H and O–H groups in total. The van der Waals surface area contributed by atoms with Crippen molar-refractivity contribution in [2.45, 2.75) is 310 Å². The number of thioether (sulfide) groups is 1. The maximum Gasteiger partial charge on any atom is 0.220 e. The molecule has 0 aromatic carbocycles. The number of ether oxygens (including phenoxy) is 16. The van der Waals surface area contributed by atoms with Gasteiger partial charge in [-0.3, -0.25) is 14.4 Å². The van der Waals surface area contributed by atoms with Crippen LogP contribution in [0.5, 0.6) is 0 Å². The molecule has 22 saturated heterocycles. The van der Waals surface area contributed by atoms with E-state index in [1.807, 2.05) is 0 Å². The maximum absolute atomic E-state index is 13.5. The minimum atomic E-state index is -2.29. The van der Waals surface area contributed by atoms with E-state index in [-0.39, 0.29) is 50.6 Å². The van der Waals surface area contributed by atoms with E-state index in [4.69, 9.17) is 75.8 Å². The third-order valence-electron chi connectivity index (χ3n) is 20.9. The second-order valence-electron chi connectivity index (χ2n) is 28.9. The minimum absolute atomic E-state index is 0.139. The largest absolute Gasteiger partial charge is 0.394 e. The summed E-state index contributed by atoms with van der Waals surface area (Å²) in [7, 11) is 0. The number of carbonyl (C=O) groups excluding carboxylic acids is 3. The lowest BCUT2D eigenvalue weighted by Crippen LogP contribution is -2.68. The number of hydrogen-bond acceptors (Lipinski definition) is 44. The summed E-state index contributed by atoms with van der Waals surface area (Å²) in [4.78, 5) is 38.5. The number of unbranched alkanes of at least 4 members (excludes halogenated alkanes) is 4. The first-order valence-electron chi connectivity index (χ1n) is 37.7. The van der Waals surface area contributed by atoms with E-state index in [0.717, 1.165) is 0 Å². The van der Waals surface area contributed by atoms with Crippen molar-refractivity contribution in [1.82, 2.24) is 16.0 Å². The Bertz CT molecular complexity index is 2820. The lowest BCUT2D eigenvalue weighted by atomic mass is 9.95. The highest BCUT2D eigenvalue weighted by Gasteiger charge is 2.60. The zero-order valence-electron chi connectivity index (χ0n) is 61.3. The molecule has 113 heavy (non-hydrogen) atoms. The average Bonchev–Trinajstić information content (AvgIpc) is 0.810. The molecule has 40 atom stereocenters. The predicted octanol–water partition coefficient (Wildman–Crippen LogP) is -15.4. The van der Waals surface area contributed by atoms with E-state index in [2.05, 4.69) is 16.0 Å². The highest BCUT2D eigenvalue weighted by atomic mass is 32.2. The quantitative estimate of drug-likeness (QED) is 0.0309. The molecule has 0 saturated carbocycles. The van der Waals surface area contributed by atoms with Crippen LogP contribution < -0.4 is 16.0 Å². The SMILES string of the molecule is O=C(CCCCCNC(=O)CCSCCCO[C@H]1O[C@H](CO)[C@H](O)[C@H](O)[C@H]1O)NCCCCCC(=O)NC[C@H]1O[C@@H]2O[C@H]3[C@H](O)[C@@H](O)[C@@H](O[C@H]4[C@H](O)[C@@H](O)[C@@H](O[C@H]5[C@H](O)[C@@H](O)[C@@H](O[C@H]6[C@H](O)[C@@H](O)[C@@H](O[C@H]7[C@H](O)[C@@H](O)[C@@H](O[C@H]8[C@H](O)[C@@H](O)[C@@H](O[C@H]1[C@H](O)[C@H]2O)O[C@@H]8CO)O[C@@H]7CO)O[C@@H]6CO)O[C@@H]5CO)O[C@@H]4CO)O[C@@H]3CO. The van der Waals surface area contributed by atoms with Gasteiger partial charge in [-0.25, -0.2) is 0 Å². The van der Waals surface area contributed by atoms with Crippen LogP contribution >= 0.6 is 11.8 Å². The number of amides is 3. The Balaban J connectivity index is 0.814. The van der Waals surface area contributed by atoms with Gasteiger partial charge in [-0.2, -0.15) is 11.8 Å². The van der Waals surface area contributed by atoms with Gasteiger partial charge in [-0.05, 0) is 37.9 Å². The molecule has 22 rings (SSSR count). The van der Waals surface area contributed by atoms with Crippen LogP contribution in [0.15, 0.2) is 0 Å². The zero-order chi connectivity index (χ0) is 82.2. The van der Waals surface area contributed by atoms with E-state index in [0.29, 0.717) is 56.6 Å². The smallest absolute Gasteiger partial charge is 0.220 e. The number of aliphatic hydroxyl groups is 24. The van der Waals surface area contributed by atoms with E-state index >= 15 is 0 Å². The Morgan fingerprint density at radius 1 is 0.257 bits per heavy atom. The van der Waals surface area contributed by atoms with Gasteiger partial charge in [0.15, 0.2) is 50.3 Å². The summed E-state index contributed by atoms with van der Waals surface area (Å²) in [6.45, 7) is -6.90. The van der Waals surface area contributed by atoms with Crippen molar-refractivity contribution in [1.29, 1.82) is 0 Å². The monoisotopic (exact) mass is 1670 g/mol. The number of rotatable bonds is 29. The summed E-state index contributed by atoms with van der Waals surface area (Å²) >= 11 is 1.51. The van der Waals surface area contributed by atoms with Crippen LogP contribution in [0.1, 0.15) is 64.2 Å². The van der Waals surface area contributed by atoms with Gasteiger partial charge in [0.25, 0.3) is 0 Å². The topological polar surface area (TPSA) is 721 Å². The fourth-order valence-electron chi connectivity index (χ4n) is 14.4. The summed E-state index contributed by atoms with van der Waals surface area (Å²) < 4.78 is 92.2. The summed E-state index contributed by atoms with van der Waals surface area (Å²) in [5, 5.41) is 273. The van der Waals surface area contributed by atoms with Crippen molar-refractivity contribution in [2.24, 2.45) is 0 Å². The van der Waals surface area contributed by atoms with Crippen molar-refractivity contribution in [3.8, 4) is 0 Å². The fourth-order valence-corrected chi connectivity index (χ4v) is 15.2. The van der Waals surface area contributed by atoms with Gasteiger partial charge in [0, 0.05) is 44.6 Å². The van der Waals surface area contributed by atoms with Crippen molar-refractivity contribution in [3.05, 3.63) is 0 Å². The molecule has 3 amide bonds. The van der Waals surface area contributed by atoms with Crippen LogP contribution in [0, 0.1) is 0 Å². The van der Waals surface area contributed by atoms with Crippen molar-refractivity contribution in [2.75, 3.05) is 84.0 Å². The van der Waals surface area contributed by atoms with Crippen LogP contribution in [0.2, 0.25) is 0 Å². The van der Waals surface area contributed by atoms with Gasteiger partial charge in [0.1, 0.15) is 195 Å². The first-order chi connectivity index (χ1) is 54.0. The summed E-state index contributed by atoms with van der Waals surface area (Å²) in [5.41, 5.74) is 0. The molecule has 0 aromatic heterocycles. The van der Waals surface area contributed by atoms with E-state index in [1.165, 1.54) is 11.8 Å². The molecule has 0 unspecified atom stereocenters. The lowest BCUT2D eigenvalue weighted by molar-refractivity contribution is -0.396. The second kappa shape index (κ2) is 44.6. The molecule has 22 heterocycles. The highest BCUT2D eigenvalue weighted by Crippen LogP contribution is 2.40. The molecule has 22 aliphatic rings. The zero-order valence-corrected chi connectivity index (χ0v) is 62.1. The first kappa shape index (κ1) is 94.0. The van der Waals surface area contributed by atoms with Crippen LogP contribution in [-0.4, -0.2) is 470 Å². The van der Waals surface area contributed by atoms with Crippen LogP contribution in [-0.2, 0) is 90.2 Å². The molecule has 46 nitrogen and oxygen atoms in total. The number of aliphatic hydroxyl groups excluding tert-OH is 24. The van der Waals surface area contributed by atoms with Crippen LogP contribution in [0.25, 0.3) is 0 Å². The van der Waals surface area contributed by atoms with Crippen LogP contribution in [0.4, 0.5) is 0 Å². The Labute approximate surface area is 650 Å². The molecular formula is C66H113N3O43S. The Morgan fingerprint density at radius 3 is 0.832 bits per heavy atom. The van der Waals surface area contributed by atoms with Gasteiger partial charge in [-0.15, -0.1) is 0 Å². The average molecular weight is 1670 g/mol. The molecule has 14 bridgehead atoms. The Kier molecular flexibility index (Phi) is 37.1. The molecule has 22 aliphatic heterocycles. The van der Waals surface area contributed by atoms with Gasteiger partial charge >= 0.3 is 0 Å². The van der Waals surface area contributed by atoms with Crippen LogP contribution in [0.3, 0.4) is 0 Å². The van der Waals surface area contributed by atoms with Gasteiger partial charge in [0.05, 0.1) is 52.9 Å². The Morgan fingerprint density at radius 2 is 0.531 bits per heavy atom. The summed E-state index contributed by atoms with van der Waals surface area (Å²) in [6, 6.07) is 0. The summed E-state index contributed by atoms with van der Waals surface area (Å²) in [5.74, 6) is 0.169. The lowest BCUT2D eigenvalue weighted by Gasteiger charge is -2.50. The van der Waals surface area contributed by atoms with E-state index < -0.39 is 304 Å². The van der Waals surface area contributed by atoms with Crippen molar-refractivity contribution in [3.63, 3.8) is 0 Å². The third kappa shape index (κ3) is 23.3. The normalized spacial score (nSPS) is 45.5. The van der Waals surface area contributed by atoms with Gasteiger partial charge < -0.3 is 214 Å². The number of hydrogen-bond donors (Lipinski definition) is 27. The first-order valence-corrected chi connectivity index (χ1v) is 38.8. The highest BCUT2D eigenvalue weighted by molar-refractivity contribution is 7.99. The van der Waals surface area contributed by atoms with Gasteiger partial charge in [0.2, 0.25) is 17.7 Å². The fraction of sp³-hybridized carbons (Fsp3) is 0.955. The molecule has 22 fully saturated rings. The second-order valence-corrected chi connectivity index (χ2v) is 30.1. The molecule has 0 aromatic rings. The number of carbonyl (C=O) groups is 3. The standard InChI is InChI=1S/C66H113N3O43S/c70-17-25-35(80)36(81)44(89)59(99-25)97-13-7-14-113-15-10-34(79)68-12-6-1-3-8-32(77)67-11-5-2-4-9-33(78)69-16-24-52-37(82)45(90)60(98-24)107-53-26(18-71)101-62(47(92)39(53)84)109-55-28(20-73)103-64(49(94)41(55)86)111-57-30(22-75)105-66(51(96)43(57)88)112-58-31(23-76)104-65(50(95)42(58)87)110-56-29(21-74)102-63(48(93)40(56)85)108-54-27(19-72)100-61(106-52)46(91)38(54)83/h24-31,35-66,70-76,80-96H,1-23H2,(H,67,77)(H,68,79)(H,69,78)/t24-,25-,26-,27-,28-,29-,30-,31-,35+,36+,37-,38-,39-,40-,41-,42-,43-,44-,45-,46-,47-,48-,49-,50-,51-,52-,53-,54-,55-,56-,57-,58-,59+,60-,61-,62-,63-,64-,65-,66-/m1/s1. The molecular weight excluding hydrogens is 1550 g/mol. The van der Waals surface area contributed by atoms with Gasteiger partial charge in [-0.1, -0.05) is 12.8 Å². The van der Waals surface area contributed by atoms with Crippen molar-refractivity contribution >= 4 is 29.5 Å². The molecule has 47 heteroatoms. The molecule has 0 radical (unpaired) electrons. The molecule has 656 valence electrons. The predicted molar refractivity (Wildman–Crippen MR) is 364 cm³/mol. The molecule has 0 spiro atoms. The minimum Gasteiger partial charge on any atom is -0.394 e. The molecule has 0 aliphatic carbocycles. The third-order valence-corrected chi connectivity index (χ3v) is 22.0. The Hall–Kier alpha value is -2.84.